The Bertz CT molecular complexity index is 1630. The first-order chi connectivity index (χ1) is 17.2. The highest BCUT2D eigenvalue weighted by molar-refractivity contribution is 7.89. The van der Waals surface area contributed by atoms with Gasteiger partial charge in [-0.3, -0.25) is 9.79 Å². The fraction of sp³-hybridized carbons (Fsp3) is 0.214. The molecule has 0 aliphatic carbocycles. The number of benzene rings is 3. The van der Waals surface area contributed by atoms with Crippen LogP contribution in [0, 0.1) is 13.8 Å². The zero-order chi connectivity index (χ0) is 26.0. The Labute approximate surface area is 211 Å². The van der Waals surface area contributed by atoms with Gasteiger partial charge >= 0.3 is 0 Å². The monoisotopic (exact) mass is 503 g/mol. The molecule has 0 aliphatic rings. The summed E-state index contributed by atoms with van der Waals surface area (Å²) in [5.41, 5.74) is 3.11. The van der Waals surface area contributed by atoms with Crippen molar-refractivity contribution in [3.63, 3.8) is 0 Å². The molecule has 7 nitrogen and oxygen atoms in total. The molecule has 3 aromatic carbocycles. The van der Waals surface area contributed by atoms with Gasteiger partial charge in [-0.05, 0) is 61.4 Å². The summed E-state index contributed by atoms with van der Waals surface area (Å²) in [5, 5.41) is 12.2. The van der Waals surface area contributed by atoms with Gasteiger partial charge in [-0.2, -0.15) is 4.31 Å². The Morgan fingerprint density at radius 1 is 0.917 bits per heavy atom. The molecule has 4 aromatic rings. The van der Waals surface area contributed by atoms with Crippen LogP contribution in [0.4, 0.5) is 5.69 Å². The Hall–Kier alpha value is -3.75. The van der Waals surface area contributed by atoms with E-state index in [0.717, 1.165) is 15.7 Å². The third-order valence-corrected chi connectivity index (χ3v) is 8.40. The lowest BCUT2D eigenvalue weighted by Crippen LogP contribution is -2.30. The highest BCUT2D eigenvalue weighted by atomic mass is 32.2. The Balaban J connectivity index is 1.93. The van der Waals surface area contributed by atoms with E-state index in [1.54, 1.807) is 50.2 Å². The van der Waals surface area contributed by atoms with E-state index in [4.69, 9.17) is 0 Å². The summed E-state index contributed by atoms with van der Waals surface area (Å²) in [6.45, 7) is 8.21. The first-order valence-corrected chi connectivity index (χ1v) is 13.2. The number of hydrogen-bond donors (Lipinski definition) is 1. The van der Waals surface area contributed by atoms with Crippen LogP contribution in [-0.4, -0.2) is 41.7 Å². The number of fused-ring (bicyclic) bond motifs is 1. The van der Waals surface area contributed by atoms with E-state index in [-0.39, 0.29) is 16.5 Å². The van der Waals surface area contributed by atoms with Crippen LogP contribution in [0.2, 0.25) is 0 Å². The van der Waals surface area contributed by atoms with Crippen LogP contribution in [0.1, 0.15) is 30.5 Å². The van der Waals surface area contributed by atoms with Crippen LogP contribution in [-0.2, 0) is 10.0 Å². The minimum atomic E-state index is -3.75. The SMILES string of the molecule is CCN(CC)S(=O)(=O)c1cccc(-n2c(O)c(C=Nc3ccc(C)c(C)c3)c3ccccc3c2=O)c1. The van der Waals surface area contributed by atoms with Gasteiger partial charge in [0.05, 0.1) is 21.8 Å². The molecule has 0 fully saturated rings. The van der Waals surface area contributed by atoms with E-state index in [0.29, 0.717) is 35.1 Å². The first kappa shape index (κ1) is 25.3. The molecular formula is C28H29N3O4S. The molecule has 0 amide bonds. The minimum Gasteiger partial charge on any atom is -0.494 e. The molecule has 186 valence electrons. The average Bonchev–Trinajstić information content (AvgIpc) is 2.87. The zero-order valence-corrected chi connectivity index (χ0v) is 21.6. The fourth-order valence-corrected chi connectivity index (χ4v) is 5.67. The number of aromatic hydroxyl groups is 1. The van der Waals surface area contributed by atoms with Gasteiger partial charge in [-0.15, -0.1) is 0 Å². The molecule has 0 unspecified atom stereocenters. The number of aromatic nitrogens is 1. The first-order valence-electron chi connectivity index (χ1n) is 11.8. The quantitative estimate of drug-likeness (QED) is 0.356. The van der Waals surface area contributed by atoms with Crippen LogP contribution >= 0.6 is 0 Å². The second kappa shape index (κ2) is 10.1. The standard InChI is InChI=1S/C28H29N3O4S/c1-5-30(6-2)36(34,35)23-11-9-10-22(17-23)31-27(32)25-13-8-7-12-24(25)26(28(31)33)18-29-21-15-14-19(3)20(4)16-21/h7-18,33H,5-6H2,1-4H3. The lowest BCUT2D eigenvalue weighted by Gasteiger charge is -2.19. The lowest BCUT2D eigenvalue weighted by atomic mass is 10.1. The van der Waals surface area contributed by atoms with Crippen molar-refractivity contribution in [2.24, 2.45) is 4.99 Å². The summed E-state index contributed by atoms with van der Waals surface area (Å²) in [6, 6.07) is 18.8. The van der Waals surface area contributed by atoms with E-state index in [9.17, 15) is 18.3 Å². The normalized spacial score (nSPS) is 12.1. The molecule has 0 saturated heterocycles. The molecule has 0 spiro atoms. The summed E-state index contributed by atoms with van der Waals surface area (Å²) >= 11 is 0. The van der Waals surface area contributed by atoms with Crippen molar-refractivity contribution >= 4 is 32.7 Å². The molecule has 1 heterocycles. The molecule has 1 aromatic heterocycles. The average molecular weight is 504 g/mol. The van der Waals surface area contributed by atoms with Gasteiger partial charge in [0.2, 0.25) is 15.9 Å². The van der Waals surface area contributed by atoms with Crippen molar-refractivity contribution in [3.8, 4) is 11.6 Å². The molecule has 1 N–H and O–H groups in total. The Morgan fingerprint density at radius 3 is 2.28 bits per heavy atom. The van der Waals surface area contributed by atoms with Gasteiger partial charge < -0.3 is 5.11 Å². The van der Waals surface area contributed by atoms with Crippen LogP contribution in [0.25, 0.3) is 16.5 Å². The van der Waals surface area contributed by atoms with E-state index in [1.165, 1.54) is 22.7 Å². The maximum absolute atomic E-state index is 13.5. The van der Waals surface area contributed by atoms with Crippen LogP contribution in [0.3, 0.4) is 0 Å². The van der Waals surface area contributed by atoms with Crippen LogP contribution < -0.4 is 5.56 Å². The van der Waals surface area contributed by atoms with Crippen LogP contribution in [0.15, 0.2) is 81.4 Å². The van der Waals surface area contributed by atoms with Crippen molar-refractivity contribution in [1.82, 2.24) is 8.87 Å². The molecule has 36 heavy (non-hydrogen) atoms. The van der Waals surface area contributed by atoms with Crippen molar-refractivity contribution in [1.29, 1.82) is 0 Å². The molecule has 4 rings (SSSR count). The van der Waals surface area contributed by atoms with Gasteiger partial charge in [-0.1, -0.05) is 44.2 Å². The van der Waals surface area contributed by atoms with Gasteiger partial charge in [0, 0.05) is 30.1 Å². The summed E-state index contributed by atoms with van der Waals surface area (Å²) in [4.78, 5) is 18.1. The highest BCUT2D eigenvalue weighted by Crippen LogP contribution is 2.28. The van der Waals surface area contributed by atoms with E-state index < -0.39 is 15.6 Å². The third kappa shape index (κ3) is 4.57. The number of rotatable bonds is 7. The van der Waals surface area contributed by atoms with Crippen molar-refractivity contribution in [2.75, 3.05) is 13.1 Å². The number of nitrogens with zero attached hydrogens (tertiary/aromatic N) is 3. The Morgan fingerprint density at radius 2 is 1.61 bits per heavy atom. The summed E-state index contributed by atoms with van der Waals surface area (Å²) in [7, 11) is -3.75. The van der Waals surface area contributed by atoms with Gasteiger partial charge in [0.1, 0.15) is 0 Å². The van der Waals surface area contributed by atoms with Crippen LogP contribution in [0.5, 0.6) is 5.88 Å². The minimum absolute atomic E-state index is 0.0495. The topological polar surface area (TPSA) is 92.0 Å². The maximum atomic E-state index is 13.5. The van der Waals surface area contributed by atoms with Gasteiger partial charge in [-0.25, -0.2) is 13.0 Å². The largest absolute Gasteiger partial charge is 0.494 e. The van der Waals surface area contributed by atoms with Gasteiger partial charge in [0.25, 0.3) is 5.56 Å². The number of aliphatic imine (C=N–C) groups is 1. The number of hydrogen-bond acceptors (Lipinski definition) is 5. The smallest absolute Gasteiger partial charge is 0.265 e. The van der Waals surface area contributed by atoms with E-state index >= 15 is 0 Å². The second-order valence-corrected chi connectivity index (χ2v) is 10.5. The molecule has 8 heteroatoms. The summed E-state index contributed by atoms with van der Waals surface area (Å²) < 4.78 is 28.7. The predicted molar refractivity (Wildman–Crippen MR) is 144 cm³/mol. The molecule has 0 aliphatic heterocycles. The number of pyridine rings is 1. The van der Waals surface area contributed by atoms with Crippen molar-refractivity contribution in [3.05, 3.63) is 93.8 Å². The van der Waals surface area contributed by atoms with E-state index in [1.807, 2.05) is 32.0 Å². The lowest BCUT2D eigenvalue weighted by molar-refractivity contribution is 0.435. The van der Waals surface area contributed by atoms with Gasteiger partial charge in [0.15, 0.2) is 0 Å². The van der Waals surface area contributed by atoms with Crippen molar-refractivity contribution < 1.29 is 13.5 Å². The molecule has 0 bridgehead atoms. The molecular weight excluding hydrogens is 474 g/mol. The van der Waals surface area contributed by atoms with Crippen molar-refractivity contribution in [2.45, 2.75) is 32.6 Å². The fourth-order valence-electron chi connectivity index (χ4n) is 4.17. The molecule has 0 radical (unpaired) electrons. The Kier molecular flexibility index (Phi) is 7.10. The molecule has 0 atom stereocenters. The summed E-state index contributed by atoms with van der Waals surface area (Å²) in [6.07, 6.45) is 1.54. The molecule has 0 saturated carbocycles. The third-order valence-electron chi connectivity index (χ3n) is 6.36. The second-order valence-electron chi connectivity index (χ2n) is 8.54. The number of aryl methyl sites for hydroxylation is 2. The number of sulfonamides is 1. The maximum Gasteiger partial charge on any atom is 0.265 e. The predicted octanol–water partition coefficient (Wildman–Crippen LogP) is 5.09. The summed E-state index contributed by atoms with van der Waals surface area (Å²) in [5.74, 6) is -0.316. The highest BCUT2D eigenvalue weighted by Gasteiger charge is 2.23. The van der Waals surface area contributed by atoms with E-state index in [2.05, 4.69) is 4.99 Å². The zero-order valence-electron chi connectivity index (χ0n) is 20.8.